The number of rotatable bonds is 1. The fraction of sp³-hybridized carbons (Fsp3) is 0.933. The monoisotopic (exact) mass is 268 g/mol. The number of esters is 1. The molecule has 0 aromatic rings. The fourth-order valence-corrected chi connectivity index (χ4v) is 5.07. The molecular formula is C15H24O4. The largest absolute Gasteiger partial charge is 0.458 e. The summed E-state index contributed by atoms with van der Waals surface area (Å²) in [7, 11) is 0. The Kier molecular flexibility index (Phi) is 3.13. The van der Waals surface area contributed by atoms with Gasteiger partial charge in [0.05, 0.1) is 6.10 Å². The number of carbonyl (C=O) groups excluding carboxylic acids is 1. The quantitative estimate of drug-likeness (QED) is 0.711. The van der Waals surface area contributed by atoms with Gasteiger partial charge in [0.1, 0.15) is 11.2 Å². The summed E-state index contributed by atoms with van der Waals surface area (Å²) >= 11 is 0. The number of hydrogen-bond acceptors (Lipinski definition) is 4. The van der Waals surface area contributed by atoms with Gasteiger partial charge in [0.25, 0.3) is 0 Å². The highest BCUT2D eigenvalue weighted by atomic mass is 16.6. The maximum Gasteiger partial charge on any atom is 0.303 e. The molecular weight excluding hydrogens is 244 g/mol. The van der Waals surface area contributed by atoms with E-state index in [0.29, 0.717) is 6.42 Å². The number of fused-ring (bicyclic) bond motifs is 4. The third kappa shape index (κ3) is 1.69. The summed E-state index contributed by atoms with van der Waals surface area (Å²) in [6.07, 6.45) is 6.70. The molecule has 0 heterocycles. The van der Waals surface area contributed by atoms with E-state index in [4.69, 9.17) is 4.74 Å². The van der Waals surface area contributed by atoms with Crippen LogP contribution in [0.3, 0.4) is 0 Å². The zero-order chi connectivity index (χ0) is 13.7. The smallest absolute Gasteiger partial charge is 0.303 e. The lowest BCUT2D eigenvalue weighted by atomic mass is 9.43. The molecule has 19 heavy (non-hydrogen) atoms. The number of aliphatic hydroxyl groups excluding tert-OH is 1. The van der Waals surface area contributed by atoms with Gasteiger partial charge in [-0.05, 0) is 32.1 Å². The third-order valence-corrected chi connectivity index (χ3v) is 5.69. The van der Waals surface area contributed by atoms with Crippen LogP contribution in [0.1, 0.15) is 58.3 Å². The van der Waals surface area contributed by atoms with Crippen molar-refractivity contribution >= 4 is 5.97 Å². The van der Waals surface area contributed by atoms with E-state index in [1.54, 1.807) is 0 Å². The fourth-order valence-electron chi connectivity index (χ4n) is 5.07. The predicted molar refractivity (Wildman–Crippen MR) is 69.4 cm³/mol. The number of hydrogen-bond donors (Lipinski definition) is 2. The molecule has 108 valence electrons. The molecule has 3 rings (SSSR count). The summed E-state index contributed by atoms with van der Waals surface area (Å²) in [5, 5.41) is 21.2. The van der Waals surface area contributed by atoms with Crippen molar-refractivity contribution in [3.8, 4) is 0 Å². The van der Waals surface area contributed by atoms with Gasteiger partial charge in [-0.1, -0.05) is 19.3 Å². The molecule has 3 aliphatic rings. The van der Waals surface area contributed by atoms with Crippen molar-refractivity contribution in [3.63, 3.8) is 0 Å². The Hall–Kier alpha value is -0.610. The summed E-state index contributed by atoms with van der Waals surface area (Å²) in [5.41, 5.74) is -1.52. The lowest BCUT2D eigenvalue weighted by Gasteiger charge is -2.68. The molecule has 4 heteroatoms. The molecule has 0 bridgehead atoms. The van der Waals surface area contributed by atoms with Gasteiger partial charge >= 0.3 is 5.97 Å². The first-order valence-corrected chi connectivity index (χ1v) is 7.62. The molecule has 0 amide bonds. The first-order chi connectivity index (χ1) is 9.02. The van der Waals surface area contributed by atoms with Crippen molar-refractivity contribution in [2.45, 2.75) is 75.6 Å². The van der Waals surface area contributed by atoms with E-state index in [0.717, 1.165) is 44.9 Å². The SMILES string of the molecule is CC(=O)O[C@@]12CCCCC[C@@H]1[C@]1(O)[C@@H]2CCC[C@@H]1O. The van der Waals surface area contributed by atoms with E-state index in [2.05, 4.69) is 0 Å². The van der Waals surface area contributed by atoms with Crippen molar-refractivity contribution in [3.05, 3.63) is 0 Å². The van der Waals surface area contributed by atoms with Crippen LogP contribution in [0.25, 0.3) is 0 Å². The molecule has 3 saturated carbocycles. The minimum Gasteiger partial charge on any atom is -0.458 e. The average Bonchev–Trinajstić information content (AvgIpc) is 2.53. The van der Waals surface area contributed by atoms with Crippen LogP contribution in [0.15, 0.2) is 0 Å². The molecule has 0 spiro atoms. The van der Waals surface area contributed by atoms with E-state index in [9.17, 15) is 15.0 Å². The molecule has 3 aliphatic carbocycles. The minimum atomic E-state index is -1.02. The Labute approximate surface area is 114 Å². The summed E-state index contributed by atoms with van der Waals surface area (Å²) in [5.74, 6) is -0.406. The predicted octanol–water partition coefficient (Wildman–Crippen LogP) is 1.77. The van der Waals surface area contributed by atoms with Crippen LogP contribution in [0.5, 0.6) is 0 Å². The van der Waals surface area contributed by atoms with Gasteiger partial charge in [0.15, 0.2) is 0 Å². The Morgan fingerprint density at radius 3 is 2.47 bits per heavy atom. The Bertz CT molecular complexity index is 382. The van der Waals surface area contributed by atoms with E-state index in [1.807, 2.05) is 0 Å². The number of aliphatic hydroxyl groups is 2. The molecule has 0 radical (unpaired) electrons. The van der Waals surface area contributed by atoms with Crippen molar-refractivity contribution in [2.75, 3.05) is 0 Å². The van der Waals surface area contributed by atoms with Gasteiger partial charge in [-0.25, -0.2) is 0 Å². The molecule has 0 unspecified atom stereocenters. The van der Waals surface area contributed by atoms with Gasteiger partial charge in [0.2, 0.25) is 0 Å². The van der Waals surface area contributed by atoms with Gasteiger partial charge in [-0.15, -0.1) is 0 Å². The zero-order valence-electron chi connectivity index (χ0n) is 11.6. The van der Waals surface area contributed by atoms with Crippen LogP contribution in [-0.4, -0.2) is 33.5 Å². The van der Waals surface area contributed by atoms with Crippen LogP contribution in [0.2, 0.25) is 0 Å². The van der Waals surface area contributed by atoms with Gasteiger partial charge in [-0.3, -0.25) is 4.79 Å². The molecule has 0 saturated heterocycles. The number of ether oxygens (including phenoxy) is 1. The second-order valence-corrected chi connectivity index (χ2v) is 6.59. The topological polar surface area (TPSA) is 66.8 Å². The molecule has 4 nitrogen and oxygen atoms in total. The Morgan fingerprint density at radius 1 is 1.11 bits per heavy atom. The lowest BCUT2D eigenvalue weighted by Crippen LogP contribution is -2.79. The normalized spacial score (nSPS) is 49.3. The van der Waals surface area contributed by atoms with E-state index < -0.39 is 17.3 Å². The molecule has 2 N–H and O–H groups in total. The summed E-state index contributed by atoms with van der Waals surface area (Å²) in [6, 6.07) is 0. The van der Waals surface area contributed by atoms with Crippen LogP contribution in [-0.2, 0) is 9.53 Å². The minimum absolute atomic E-state index is 0.0734. The first-order valence-electron chi connectivity index (χ1n) is 7.62. The van der Waals surface area contributed by atoms with Crippen LogP contribution >= 0.6 is 0 Å². The van der Waals surface area contributed by atoms with Crippen LogP contribution in [0, 0.1) is 11.8 Å². The highest BCUT2D eigenvalue weighted by Crippen LogP contribution is 2.64. The molecule has 5 atom stereocenters. The second-order valence-electron chi connectivity index (χ2n) is 6.59. The van der Waals surface area contributed by atoms with Gasteiger partial charge < -0.3 is 14.9 Å². The molecule has 3 fully saturated rings. The van der Waals surface area contributed by atoms with Crippen molar-refractivity contribution in [2.24, 2.45) is 11.8 Å². The first kappa shape index (κ1) is 13.4. The molecule has 0 aliphatic heterocycles. The highest BCUT2D eigenvalue weighted by molar-refractivity contribution is 5.67. The maximum atomic E-state index is 11.5. The summed E-state index contributed by atoms with van der Waals surface area (Å²) in [6.45, 7) is 1.45. The standard InChI is InChI=1S/C15H24O4/c1-10(16)19-14-9-4-2-3-6-11(14)15(18)12(14)7-5-8-13(15)17/h11-13,17-18H,2-9H2,1H3/t11-,12+,13-,14-,15-/m0/s1. The van der Waals surface area contributed by atoms with Crippen LogP contribution in [0.4, 0.5) is 0 Å². The average molecular weight is 268 g/mol. The van der Waals surface area contributed by atoms with Crippen molar-refractivity contribution < 1.29 is 19.7 Å². The van der Waals surface area contributed by atoms with Crippen molar-refractivity contribution in [1.29, 1.82) is 0 Å². The van der Waals surface area contributed by atoms with Gasteiger partial charge in [-0.2, -0.15) is 0 Å². The molecule has 0 aromatic carbocycles. The third-order valence-electron chi connectivity index (χ3n) is 5.69. The molecule has 0 aromatic heterocycles. The van der Waals surface area contributed by atoms with E-state index >= 15 is 0 Å². The lowest BCUT2D eigenvalue weighted by molar-refractivity contribution is -0.337. The highest BCUT2D eigenvalue weighted by Gasteiger charge is 2.74. The second kappa shape index (κ2) is 4.45. The number of carbonyl (C=O) groups is 1. The summed E-state index contributed by atoms with van der Waals surface area (Å²) < 4.78 is 5.73. The van der Waals surface area contributed by atoms with E-state index in [-0.39, 0.29) is 17.8 Å². The van der Waals surface area contributed by atoms with Gasteiger partial charge in [0, 0.05) is 18.8 Å². The summed E-state index contributed by atoms with van der Waals surface area (Å²) in [4.78, 5) is 11.5. The maximum absolute atomic E-state index is 11.5. The Morgan fingerprint density at radius 2 is 1.79 bits per heavy atom. The van der Waals surface area contributed by atoms with Crippen LogP contribution < -0.4 is 0 Å². The zero-order valence-corrected chi connectivity index (χ0v) is 11.6. The van der Waals surface area contributed by atoms with Crippen molar-refractivity contribution in [1.82, 2.24) is 0 Å². The van der Waals surface area contributed by atoms with E-state index in [1.165, 1.54) is 6.92 Å². The Balaban J connectivity index is 1.96.